The zero-order chi connectivity index (χ0) is 17.1. The van der Waals surface area contributed by atoms with Gasteiger partial charge in [0, 0.05) is 18.8 Å². The number of aliphatic hydroxyl groups excluding tert-OH is 1. The maximum Gasteiger partial charge on any atom is 0.321 e. The van der Waals surface area contributed by atoms with Gasteiger partial charge in [-0.1, -0.05) is 25.1 Å². The van der Waals surface area contributed by atoms with E-state index in [1.165, 1.54) is 12.0 Å². The van der Waals surface area contributed by atoms with Gasteiger partial charge in [-0.15, -0.1) is 0 Å². The highest BCUT2D eigenvalue weighted by molar-refractivity contribution is 5.89. The SMILES string of the molecule is COC(=O)C(C)CN(CCOCCO)C(=O)Nc1ccccc1. The van der Waals surface area contributed by atoms with Crippen molar-refractivity contribution in [3.63, 3.8) is 0 Å². The molecular weight excluding hydrogens is 300 g/mol. The van der Waals surface area contributed by atoms with Gasteiger partial charge in [0.2, 0.25) is 0 Å². The molecule has 0 aliphatic rings. The summed E-state index contributed by atoms with van der Waals surface area (Å²) in [4.78, 5) is 25.4. The molecule has 0 saturated carbocycles. The van der Waals surface area contributed by atoms with Crippen molar-refractivity contribution in [2.24, 2.45) is 5.92 Å². The second-order valence-electron chi connectivity index (χ2n) is 5.00. The number of rotatable bonds is 9. The van der Waals surface area contributed by atoms with Crippen molar-refractivity contribution in [3.05, 3.63) is 30.3 Å². The van der Waals surface area contributed by atoms with Gasteiger partial charge in [0.1, 0.15) is 0 Å². The molecule has 7 nitrogen and oxygen atoms in total. The predicted molar refractivity (Wildman–Crippen MR) is 86.1 cm³/mol. The summed E-state index contributed by atoms with van der Waals surface area (Å²) in [5, 5.41) is 11.5. The molecule has 0 radical (unpaired) electrons. The summed E-state index contributed by atoms with van der Waals surface area (Å²) < 4.78 is 9.89. The average Bonchev–Trinajstić information content (AvgIpc) is 2.57. The zero-order valence-corrected chi connectivity index (χ0v) is 13.5. The first-order valence-corrected chi connectivity index (χ1v) is 7.46. The summed E-state index contributed by atoms with van der Waals surface area (Å²) in [7, 11) is 1.32. The number of carbonyl (C=O) groups is 2. The minimum Gasteiger partial charge on any atom is -0.469 e. The molecule has 0 aromatic heterocycles. The summed E-state index contributed by atoms with van der Waals surface area (Å²) >= 11 is 0. The summed E-state index contributed by atoms with van der Waals surface area (Å²) in [6, 6.07) is 8.74. The number of amides is 2. The van der Waals surface area contributed by atoms with Crippen LogP contribution in [-0.4, -0.2) is 62.0 Å². The first-order chi connectivity index (χ1) is 11.1. The first kappa shape index (κ1) is 18.9. The van der Waals surface area contributed by atoms with Crippen molar-refractivity contribution in [2.45, 2.75) is 6.92 Å². The quantitative estimate of drug-likeness (QED) is 0.529. The van der Waals surface area contributed by atoms with E-state index in [9.17, 15) is 9.59 Å². The van der Waals surface area contributed by atoms with Gasteiger partial charge in [-0.2, -0.15) is 0 Å². The number of benzene rings is 1. The highest BCUT2D eigenvalue weighted by Crippen LogP contribution is 2.09. The fourth-order valence-electron chi connectivity index (χ4n) is 1.95. The Morgan fingerprint density at radius 1 is 1.26 bits per heavy atom. The molecule has 0 aliphatic carbocycles. The summed E-state index contributed by atoms with van der Waals surface area (Å²) in [6.07, 6.45) is 0. The van der Waals surface area contributed by atoms with Gasteiger partial charge in [-0.25, -0.2) is 4.79 Å². The second-order valence-corrected chi connectivity index (χ2v) is 5.00. The Morgan fingerprint density at radius 2 is 1.96 bits per heavy atom. The summed E-state index contributed by atoms with van der Waals surface area (Å²) in [6.45, 7) is 2.63. The van der Waals surface area contributed by atoms with E-state index in [0.29, 0.717) is 12.2 Å². The lowest BCUT2D eigenvalue weighted by atomic mass is 10.1. The third-order valence-electron chi connectivity index (χ3n) is 3.15. The Labute approximate surface area is 136 Å². The van der Waals surface area contributed by atoms with E-state index in [1.807, 2.05) is 18.2 Å². The largest absolute Gasteiger partial charge is 0.469 e. The van der Waals surface area contributed by atoms with Crippen LogP contribution in [-0.2, 0) is 14.3 Å². The standard InChI is InChI=1S/C16H24N2O5/c1-13(15(20)22-2)12-18(8-10-23-11-9-19)16(21)17-14-6-4-3-5-7-14/h3-7,13,19H,8-12H2,1-2H3,(H,17,21). The van der Waals surface area contributed by atoms with Gasteiger partial charge >= 0.3 is 12.0 Å². The van der Waals surface area contributed by atoms with Crippen molar-refractivity contribution in [2.75, 3.05) is 45.3 Å². The van der Waals surface area contributed by atoms with Gasteiger partial charge in [0.05, 0.1) is 32.8 Å². The number of aliphatic hydroxyl groups is 1. The lowest BCUT2D eigenvalue weighted by molar-refractivity contribution is -0.145. The molecule has 0 bridgehead atoms. The fraction of sp³-hybridized carbons (Fsp3) is 0.500. The number of nitrogens with zero attached hydrogens (tertiary/aromatic N) is 1. The van der Waals surface area contributed by atoms with Crippen LogP contribution in [0, 0.1) is 5.92 Å². The van der Waals surface area contributed by atoms with Gasteiger partial charge < -0.3 is 24.8 Å². The van der Waals surface area contributed by atoms with E-state index >= 15 is 0 Å². The molecule has 0 fully saturated rings. The van der Waals surface area contributed by atoms with E-state index in [2.05, 4.69) is 5.32 Å². The molecule has 128 valence electrons. The highest BCUT2D eigenvalue weighted by Gasteiger charge is 2.21. The van der Waals surface area contributed by atoms with E-state index in [0.717, 1.165) is 0 Å². The van der Waals surface area contributed by atoms with Crippen molar-refractivity contribution in [1.82, 2.24) is 4.90 Å². The molecule has 1 unspecified atom stereocenters. The Bertz CT molecular complexity index is 481. The number of carbonyl (C=O) groups excluding carboxylic acids is 2. The van der Waals surface area contributed by atoms with E-state index in [-0.39, 0.29) is 38.4 Å². The predicted octanol–water partition coefficient (Wildman–Crippen LogP) is 1.34. The van der Waals surface area contributed by atoms with Crippen molar-refractivity contribution in [1.29, 1.82) is 0 Å². The number of hydrogen-bond acceptors (Lipinski definition) is 5. The molecule has 23 heavy (non-hydrogen) atoms. The van der Waals surface area contributed by atoms with Crippen LogP contribution in [0.2, 0.25) is 0 Å². The molecule has 2 amide bonds. The first-order valence-electron chi connectivity index (χ1n) is 7.46. The van der Waals surface area contributed by atoms with Crippen LogP contribution in [0.5, 0.6) is 0 Å². The lowest BCUT2D eigenvalue weighted by Crippen LogP contribution is -2.41. The minimum atomic E-state index is -0.445. The molecule has 7 heteroatoms. The Kier molecular flexibility index (Phi) is 8.71. The molecule has 0 saturated heterocycles. The summed E-state index contributed by atoms with van der Waals surface area (Å²) in [5.74, 6) is -0.821. The second kappa shape index (κ2) is 10.6. The fourth-order valence-corrected chi connectivity index (χ4v) is 1.95. The number of ether oxygens (including phenoxy) is 2. The molecule has 0 heterocycles. The van der Waals surface area contributed by atoms with Crippen molar-refractivity contribution < 1.29 is 24.2 Å². The van der Waals surface area contributed by atoms with Crippen LogP contribution >= 0.6 is 0 Å². The van der Waals surface area contributed by atoms with E-state index in [1.54, 1.807) is 19.1 Å². The van der Waals surface area contributed by atoms with Crippen molar-refractivity contribution >= 4 is 17.7 Å². The third kappa shape index (κ3) is 7.12. The highest BCUT2D eigenvalue weighted by atomic mass is 16.5. The molecule has 1 rings (SSSR count). The van der Waals surface area contributed by atoms with Gasteiger partial charge in [-0.05, 0) is 12.1 Å². The lowest BCUT2D eigenvalue weighted by Gasteiger charge is -2.25. The number of esters is 1. The van der Waals surface area contributed by atoms with Gasteiger partial charge in [0.25, 0.3) is 0 Å². The minimum absolute atomic E-state index is 0.0746. The van der Waals surface area contributed by atoms with E-state index in [4.69, 9.17) is 14.6 Å². The Morgan fingerprint density at radius 3 is 2.57 bits per heavy atom. The summed E-state index contributed by atoms with van der Waals surface area (Å²) in [5.41, 5.74) is 0.671. The zero-order valence-electron chi connectivity index (χ0n) is 13.5. The number of urea groups is 1. The molecule has 0 aliphatic heterocycles. The molecule has 1 atom stereocenters. The van der Waals surface area contributed by atoms with Crippen LogP contribution in [0.4, 0.5) is 10.5 Å². The van der Waals surface area contributed by atoms with Gasteiger partial charge in [0.15, 0.2) is 0 Å². The van der Waals surface area contributed by atoms with Crippen LogP contribution in [0.1, 0.15) is 6.92 Å². The monoisotopic (exact) mass is 324 g/mol. The molecule has 1 aromatic carbocycles. The molecule has 2 N–H and O–H groups in total. The maximum absolute atomic E-state index is 12.4. The number of anilines is 1. The topological polar surface area (TPSA) is 88.1 Å². The Balaban J connectivity index is 2.64. The van der Waals surface area contributed by atoms with Crippen LogP contribution in [0.3, 0.4) is 0 Å². The number of methoxy groups -OCH3 is 1. The molecular formula is C16H24N2O5. The van der Waals surface area contributed by atoms with Crippen molar-refractivity contribution in [3.8, 4) is 0 Å². The number of hydrogen-bond donors (Lipinski definition) is 2. The Hall–Kier alpha value is -2.12. The molecule has 1 aromatic rings. The number of nitrogens with one attached hydrogen (secondary N) is 1. The van der Waals surface area contributed by atoms with Gasteiger partial charge in [-0.3, -0.25) is 4.79 Å². The number of para-hydroxylation sites is 1. The normalized spacial score (nSPS) is 11.6. The molecule has 0 spiro atoms. The van der Waals surface area contributed by atoms with Crippen LogP contribution in [0.25, 0.3) is 0 Å². The van der Waals surface area contributed by atoms with Crippen LogP contribution in [0.15, 0.2) is 30.3 Å². The smallest absolute Gasteiger partial charge is 0.321 e. The van der Waals surface area contributed by atoms with E-state index < -0.39 is 5.92 Å². The van der Waals surface area contributed by atoms with Crippen LogP contribution < -0.4 is 5.32 Å². The average molecular weight is 324 g/mol. The maximum atomic E-state index is 12.4. The third-order valence-corrected chi connectivity index (χ3v) is 3.15.